The zero-order chi connectivity index (χ0) is 83.8. The average Bonchev–Trinajstić information content (AvgIpc) is 1.72. The number of para-hydroxylation sites is 2. The zero-order valence-electron chi connectivity index (χ0n) is 65.1. The van der Waals surface area contributed by atoms with E-state index in [1.807, 2.05) is 43.3 Å². The summed E-state index contributed by atoms with van der Waals surface area (Å²) in [6.07, 6.45) is 3.15. The SMILES string of the molecule is CCCC[C@@H]1NC(=O)[C@H](Cc2c[nH]c3ccccc23)NC(=O)[C@H](CC(=O)O)NC(=O)[C@H](CCCCNC(N)=O)NC(=O)CNC(=O)[C@H](CO)NC(=O)[C@H]([C@@H](C)CC)NC(=O)[C@H](Cc2ccc3ccccc3c2)NC(=O)CSC[C@@H](C(N)=O)NC(=O)[C@H](C(C)C)NC(=O)[C@H](Cc2c[nH]c3ccccc23)NC(=O)[C@@H](CCCCN)NC1=O. The van der Waals surface area contributed by atoms with E-state index in [1.165, 1.54) is 0 Å². The van der Waals surface area contributed by atoms with Gasteiger partial charge in [0, 0.05) is 65.8 Å². The number of hydrogen-bond acceptors (Lipinski definition) is 18. The third kappa shape index (κ3) is 27.9. The van der Waals surface area contributed by atoms with E-state index < -0.39 is 192 Å². The summed E-state index contributed by atoms with van der Waals surface area (Å²) in [4.78, 5) is 219. The summed E-state index contributed by atoms with van der Waals surface area (Å²) in [5.74, 6) is -16.2. The van der Waals surface area contributed by atoms with Gasteiger partial charge in [0.15, 0.2) is 0 Å². The number of primary amides is 2. The number of H-pyrrole nitrogens is 2. The van der Waals surface area contributed by atoms with Crippen LogP contribution in [-0.2, 0) is 86.4 Å². The fraction of sp³-hybridized carbons (Fsp3) is 0.481. The molecule has 0 radical (unpaired) electrons. The Morgan fingerprint density at radius 2 is 0.983 bits per heavy atom. The predicted octanol–water partition coefficient (Wildman–Crippen LogP) is -0.162. The number of aliphatic hydroxyl groups is 1. The number of thioether (sulfide) groups is 1. The lowest BCUT2D eigenvalue weighted by atomic mass is 9.96. The summed E-state index contributed by atoms with van der Waals surface area (Å²) >= 11 is 0.862. The van der Waals surface area contributed by atoms with E-state index in [0.29, 0.717) is 57.8 Å². The fourth-order valence-electron chi connectivity index (χ4n) is 13.1. The van der Waals surface area contributed by atoms with Gasteiger partial charge in [0.05, 0.1) is 25.3 Å². The first kappa shape index (κ1) is 90.5. The van der Waals surface area contributed by atoms with Crippen LogP contribution >= 0.6 is 11.8 Å². The Bertz CT molecular complexity index is 4420. The number of aromatic amines is 2. The van der Waals surface area contributed by atoms with Gasteiger partial charge in [0.2, 0.25) is 76.8 Å². The van der Waals surface area contributed by atoms with Crippen LogP contribution in [0.4, 0.5) is 4.79 Å². The van der Waals surface area contributed by atoms with Crippen LogP contribution in [0.25, 0.3) is 32.6 Å². The lowest BCUT2D eigenvalue weighted by Gasteiger charge is -2.29. The van der Waals surface area contributed by atoms with Crippen molar-refractivity contribution in [1.29, 1.82) is 0 Å². The monoisotopic (exact) mass is 1610 g/mol. The van der Waals surface area contributed by atoms with Gasteiger partial charge in [-0.1, -0.05) is 133 Å². The predicted molar refractivity (Wildman–Crippen MR) is 430 cm³/mol. The van der Waals surface area contributed by atoms with Crippen molar-refractivity contribution in [2.45, 2.75) is 191 Å². The van der Waals surface area contributed by atoms with Gasteiger partial charge in [-0.25, -0.2) is 4.79 Å². The molecule has 0 aliphatic carbocycles. The Kier molecular flexibility index (Phi) is 35.7. The maximum atomic E-state index is 15.1. The molecule has 0 unspecified atom stereocenters. The maximum absolute atomic E-state index is 15.1. The van der Waals surface area contributed by atoms with Crippen molar-refractivity contribution in [3.63, 3.8) is 0 Å². The molecule has 2 aromatic heterocycles. The molecule has 3 heterocycles. The van der Waals surface area contributed by atoms with E-state index >= 15 is 14.4 Å². The minimum atomic E-state index is -1.99. The number of hydrogen-bond donors (Lipinski definition) is 20. The van der Waals surface area contributed by atoms with E-state index in [1.54, 1.807) is 94.7 Å². The first-order valence-electron chi connectivity index (χ1n) is 38.6. The summed E-state index contributed by atoms with van der Waals surface area (Å²) in [7, 11) is 0. The molecule has 12 atom stereocenters. The molecule has 36 heteroatoms. The molecule has 1 aliphatic heterocycles. The van der Waals surface area contributed by atoms with E-state index in [0.717, 1.165) is 22.5 Å². The Hall–Kier alpha value is -11.7. The number of unbranched alkanes of at least 4 members (excludes halogenated alkanes) is 3. The van der Waals surface area contributed by atoms with Crippen LogP contribution in [0.2, 0.25) is 0 Å². The first-order valence-corrected chi connectivity index (χ1v) is 39.8. The number of carbonyl (C=O) groups is 15. The first-order chi connectivity index (χ1) is 55.0. The molecule has 115 heavy (non-hydrogen) atoms. The summed E-state index contributed by atoms with van der Waals surface area (Å²) in [5.41, 5.74) is 20.0. The summed E-state index contributed by atoms with van der Waals surface area (Å²) in [5, 5.41) is 57.5. The summed E-state index contributed by atoms with van der Waals surface area (Å²) in [6.45, 7) is 6.64. The molecule has 1 saturated heterocycles. The molecule has 1 aliphatic rings. The summed E-state index contributed by atoms with van der Waals surface area (Å²) in [6, 6.07) is 8.97. The number of fused-ring (bicyclic) bond motifs is 3. The second-order valence-electron chi connectivity index (χ2n) is 28.9. The molecule has 7 rings (SSSR count). The molecule has 0 bridgehead atoms. The maximum Gasteiger partial charge on any atom is 0.312 e. The molecule has 35 nitrogen and oxygen atoms in total. The number of carbonyl (C=O) groups excluding carboxylic acids is 14. The van der Waals surface area contributed by atoms with Crippen molar-refractivity contribution in [3.05, 3.63) is 120 Å². The molecule has 622 valence electrons. The molecule has 23 N–H and O–H groups in total. The van der Waals surface area contributed by atoms with Crippen LogP contribution in [0.5, 0.6) is 0 Å². The quantitative estimate of drug-likeness (QED) is 0.0331. The van der Waals surface area contributed by atoms with Gasteiger partial charge in [-0.05, 0) is 103 Å². The second kappa shape index (κ2) is 45.3. The Balaban J connectivity index is 1.27. The standard InChI is InChI=1S/C79H108N18O17S/c1-6-8-23-55-71(106)89-56(26-15-17-30-80)72(107)91-59(35-49-38-85-53-25-14-12-22-51(49)53)76(111)96-66(43(3)4)77(112)95-62(68(81)103)41-115-42-64(100)88-57(33-45-28-29-46-19-9-10-20-47(46)32-45)75(110)97-67(44(5)7-2)78(113)94-61(40-98)69(104)86-39-63(99)87-54(27-16-18-31-83-79(82)114)70(105)93-60(36-65(101)102)74(109)92-58(73(108)90-55)34-48-37-84-52-24-13-11-21-50(48)52/h9-14,19-22,24-25,28-29,32,37-38,43-44,54-62,66-67,84-85,98H,6-8,15-18,23,26-27,30-31,33-36,39-42,80H2,1-5H3,(H2,81,103)(H,86,104)(H,87,99)(H,88,100)(H,89,106)(H,90,108)(H,91,107)(H,92,109)(H,93,105)(H,94,113)(H,95,112)(H,96,111)(H,97,110)(H,101,102)(H3,82,83,114)/t44-,54-,55-,56+,57-,58-,59-,60-,61-,62-,66-,67-/m0/s1. The normalized spacial score (nSPS) is 22.8. The highest BCUT2D eigenvalue weighted by Crippen LogP contribution is 2.24. The number of rotatable bonds is 25. The van der Waals surface area contributed by atoms with Crippen molar-refractivity contribution >= 4 is 133 Å². The smallest absolute Gasteiger partial charge is 0.312 e. The second-order valence-corrected chi connectivity index (χ2v) is 29.9. The highest BCUT2D eigenvalue weighted by atomic mass is 32.2. The number of aromatic nitrogens is 2. The third-order valence-electron chi connectivity index (χ3n) is 19.8. The van der Waals surface area contributed by atoms with E-state index in [-0.39, 0.29) is 83.1 Å². The van der Waals surface area contributed by atoms with Crippen molar-refractivity contribution in [2.24, 2.45) is 29.0 Å². The molecular formula is C79H108N18O17S. The number of nitrogens with one attached hydrogen (secondary N) is 15. The van der Waals surface area contributed by atoms with E-state index in [9.17, 15) is 67.7 Å². The van der Waals surface area contributed by atoms with Crippen molar-refractivity contribution in [1.82, 2.24) is 79.1 Å². The molecule has 0 saturated carbocycles. The Morgan fingerprint density at radius 3 is 1.53 bits per heavy atom. The van der Waals surface area contributed by atoms with Gasteiger partial charge in [0.25, 0.3) is 0 Å². The van der Waals surface area contributed by atoms with E-state index in [2.05, 4.69) is 79.1 Å². The van der Waals surface area contributed by atoms with Gasteiger partial charge in [-0.3, -0.25) is 67.1 Å². The van der Waals surface area contributed by atoms with Crippen molar-refractivity contribution in [3.8, 4) is 0 Å². The van der Waals surface area contributed by atoms with Crippen LogP contribution in [-0.4, -0.2) is 213 Å². The van der Waals surface area contributed by atoms with Gasteiger partial charge in [-0.15, -0.1) is 11.8 Å². The number of aliphatic carboxylic acids is 1. The number of benzene rings is 4. The molecular weight excluding hydrogens is 1510 g/mol. The number of carboxylic acid groups (broad SMARTS) is 1. The molecule has 6 aromatic rings. The Labute approximate surface area is 669 Å². The summed E-state index contributed by atoms with van der Waals surface area (Å²) < 4.78 is 0. The molecule has 15 amide bonds. The third-order valence-corrected chi connectivity index (χ3v) is 20.8. The highest BCUT2D eigenvalue weighted by Gasteiger charge is 2.39. The lowest BCUT2D eigenvalue weighted by molar-refractivity contribution is -0.141. The van der Waals surface area contributed by atoms with Crippen LogP contribution in [0.3, 0.4) is 0 Å². The van der Waals surface area contributed by atoms with Gasteiger partial charge in [-0.2, -0.15) is 0 Å². The number of aliphatic hydroxyl groups excluding tert-OH is 1. The van der Waals surface area contributed by atoms with Crippen LogP contribution < -0.4 is 86.3 Å². The van der Waals surface area contributed by atoms with Crippen molar-refractivity contribution < 1.29 is 82.1 Å². The number of nitrogens with two attached hydrogens (primary N) is 3. The molecule has 0 spiro atoms. The number of carboxylic acids is 1. The van der Waals surface area contributed by atoms with Gasteiger partial charge >= 0.3 is 12.0 Å². The topological polar surface area (TPSA) is 563 Å². The minimum absolute atomic E-state index is 0.0115. The highest BCUT2D eigenvalue weighted by molar-refractivity contribution is 8.00. The fourth-order valence-corrected chi connectivity index (χ4v) is 14.0. The molecule has 1 fully saturated rings. The van der Waals surface area contributed by atoms with Crippen LogP contribution in [0.15, 0.2) is 103 Å². The Morgan fingerprint density at radius 1 is 0.504 bits per heavy atom. The molecule has 4 aromatic carbocycles. The largest absolute Gasteiger partial charge is 0.481 e. The van der Waals surface area contributed by atoms with Gasteiger partial charge in [0.1, 0.15) is 66.5 Å². The van der Waals surface area contributed by atoms with Crippen LogP contribution in [0.1, 0.15) is 122 Å². The van der Waals surface area contributed by atoms with Crippen LogP contribution in [0, 0.1) is 11.8 Å². The average molecular weight is 1610 g/mol. The lowest BCUT2D eigenvalue weighted by Crippen LogP contribution is -2.61. The number of amides is 15. The van der Waals surface area contributed by atoms with E-state index in [4.69, 9.17) is 17.2 Å². The van der Waals surface area contributed by atoms with Gasteiger partial charge < -0.3 is 107 Å². The number of urea groups is 1. The minimum Gasteiger partial charge on any atom is -0.481 e. The zero-order valence-corrected chi connectivity index (χ0v) is 65.9. The van der Waals surface area contributed by atoms with Crippen molar-refractivity contribution in [2.75, 3.05) is 37.7 Å².